The molecule has 126 valence electrons. The molecule has 1 aliphatic carbocycles. The van der Waals surface area contributed by atoms with Crippen LogP contribution in [0.1, 0.15) is 44.7 Å². The molecule has 2 amide bonds. The number of rotatable bonds is 7. The monoisotopic (exact) mass is 317 g/mol. The first-order valence-corrected chi connectivity index (χ1v) is 8.47. The molecule has 1 unspecified atom stereocenters. The molecule has 0 heterocycles. The van der Waals surface area contributed by atoms with E-state index >= 15 is 0 Å². The molecule has 1 aliphatic rings. The highest BCUT2D eigenvalue weighted by atomic mass is 16.1. The Bertz CT molecular complexity index is 572. The number of aryl methyl sites for hydroxylation is 1. The number of hydrogen-bond acceptors (Lipinski definition) is 3. The maximum absolute atomic E-state index is 11.6. The van der Waals surface area contributed by atoms with Crippen molar-refractivity contribution < 1.29 is 9.59 Å². The Morgan fingerprint density at radius 1 is 1.39 bits per heavy atom. The third-order valence-corrected chi connectivity index (χ3v) is 4.55. The molecule has 0 fully saturated rings. The van der Waals surface area contributed by atoms with Crippen LogP contribution in [0.5, 0.6) is 0 Å². The molecule has 1 atom stereocenters. The lowest BCUT2D eigenvalue weighted by Crippen LogP contribution is -2.40. The van der Waals surface area contributed by atoms with Crippen molar-refractivity contribution in [1.82, 2.24) is 4.90 Å². The van der Waals surface area contributed by atoms with Crippen LogP contribution in [-0.4, -0.2) is 36.3 Å². The highest BCUT2D eigenvalue weighted by Crippen LogP contribution is 2.35. The molecule has 23 heavy (non-hydrogen) atoms. The number of carbonyl (C=O) groups excluding carboxylic acids is 2. The Kier molecular flexibility index (Phi) is 6.16. The van der Waals surface area contributed by atoms with Crippen LogP contribution in [0.2, 0.25) is 0 Å². The van der Waals surface area contributed by atoms with E-state index in [1.54, 1.807) is 0 Å². The zero-order chi connectivity index (χ0) is 16.8. The van der Waals surface area contributed by atoms with E-state index in [0.29, 0.717) is 18.1 Å². The lowest BCUT2D eigenvalue weighted by Gasteiger charge is -2.35. The highest BCUT2D eigenvalue weighted by Gasteiger charge is 2.26. The number of anilines is 2. The smallest absolute Gasteiger partial charge is 0.221 e. The van der Waals surface area contributed by atoms with Crippen molar-refractivity contribution in [1.29, 1.82) is 0 Å². The van der Waals surface area contributed by atoms with Gasteiger partial charge < -0.3 is 15.5 Å². The minimum atomic E-state index is -0.115. The second-order valence-electron chi connectivity index (χ2n) is 6.09. The van der Waals surface area contributed by atoms with Gasteiger partial charge in [0, 0.05) is 13.0 Å². The molecule has 0 saturated carbocycles. The second kappa shape index (κ2) is 8.11. The predicted octanol–water partition coefficient (Wildman–Crippen LogP) is 2.80. The quantitative estimate of drug-likeness (QED) is 0.760. The zero-order valence-electron chi connectivity index (χ0n) is 14.3. The first-order valence-electron chi connectivity index (χ1n) is 8.47. The summed E-state index contributed by atoms with van der Waals surface area (Å²) >= 11 is 0. The molecule has 2 rings (SSSR count). The van der Waals surface area contributed by atoms with E-state index in [2.05, 4.69) is 35.4 Å². The Labute approximate surface area is 138 Å². The third-order valence-electron chi connectivity index (χ3n) is 4.55. The van der Waals surface area contributed by atoms with Crippen LogP contribution in [0.4, 0.5) is 11.4 Å². The molecule has 1 aromatic rings. The number of hydrogen-bond donors (Lipinski definition) is 2. The van der Waals surface area contributed by atoms with Crippen molar-refractivity contribution in [3.8, 4) is 0 Å². The minimum Gasteiger partial charge on any atom is -0.327 e. The van der Waals surface area contributed by atoms with Crippen molar-refractivity contribution in [2.75, 3.05) is 23.7 Å². The van der Waals surface area contributed by atoms with E-state index in [9.17, 15) is 9.59 Å². The summed E-state index contributed by atoms with van der Waals surface area (Å²) in [6, 6.07) is 4.44. The highest BCUT2D eigenvalue weighted by molar-refractivity contribution is 5.96. The largest absolute Gasteiger partial charge is 0.327 e. The summed E-state index contributed by atoms with van der Waals surface area (Å²) in [4.78, 5) is 25.0. The molecule has 0 saturated heterocycles. The maximum Gasteiger partial charge on any atom is 0.221 e. The molecule has 0 spiro atoms. The van der Waals surface area contributed by atoms with E-state index in [1.807, 2.05) is 6.07 Å². The Morgan fingerprint density at radius 2 is 2.17 bits per heavy atom. The van der Waals surface area contributed by atoms with Crippen LogP contribution < -0.4 is 10.6 Å². The maximum atomic E-state index is 11.6. The van der Waals surface area contributed by atoms with Gasteiger partial charge in [-0.05, 0) is 56.0 Å². The normalized spacial score (nSPS) is 16.8. The summed E-state index contributed by atoms with van der Waals surface area (Å²) in [5.74, 6) is -0.115. The number of fused-ring (bicyclic) bond motifs is 1. The van der Waals surface area contributed by atoms with E-state index in [4.69, 9.17) is 0 Å². The predicted molar refractivity (Wildman–Crippen MR) is 93.8 cm³/mol. The van der Waals surface area contributed by atoms with Crippen molar-refractivity contribution in [2.45, 2.75) is 52.5 Å². The Balaban J connectivity index is 2.35. The number of benzene rings is 1. The van der Waals surface area contributed by atoms with Gasteiger partial charge in [-0.25, -0.2) is 0 Å². The van der Waals surface area contributed by atoms with Crippen molar-refractivity contribution in [2.24, 2.45) is 0 Å². The van der Waals surface area contributed by atoms with Gasteiger partial charge in [0.05, 0.1) is 11.4 Å². The fourth-order valence-corrected chi connectivity index (χ4v) is 3.52. The van der Waals surface area contributed by atoms with E-state index in [-0.39, 0.29) is 5.91 Å². The molecular weight excluding hydrogens is 290 g/mol. The fraction of sp³-hybridized carbons (Fsp3) is 0.556. The van der Waals surface area contributed by atoms with Crippen molar-refractivity contribution in [3.05, 3.63) is 23.3 Å². The summed E-state index contributed by atoms with van der Waals surface area (Å²) in [5.41, 5.74) is 3.87. The summed E-state index contributed by atoms with van der Waals surface area (Å²) in [6.07, 6.45) is 4.85. The molecule has 0 aromatic heterocycles. The average Bonchev–Trinajstić information content (AvgIpc) is 2.54. The first kappa shape index (κ1) is 17.5. The second-order valence-corrected chi connectivity index (χ2v) is 6.09. The van der Waals surface area contributed by atoms with Gasteiger partial charge in [-0.3, -0.25) is 9.59 Å². The van der Waals surface area contributed by atoms with Crippen LogP contribution in [0, 0.1) is 0 Å². The number of nitrogens with one attached hydrogen (secondary N) is 2. The zero-order valence-corrected chi connectivity index (χ0v) is 14.3. The van der Waals surface area contributed by atoms with Crippen molar-refractivity contribution in [3.63, 3.8) is 0 Å². The van der Waals surface area contributed by atoms with Gasteiger partial charge in [0.25, 0.3) is 0 Å². The van der Waals surface area contributed by atoms with Gasteiger partial charge in [-0.15, -0.1) is 0 Å². The molecular formula is C18H27N3O2. The van der Waals surface area contributed by atoms with Crippen molar-refractivity contribution >= 4 is 23.7 Å². The standard InChI is InChI=1S/C18H27N3O2/c1-4-10-21(5-2)15-8-6-14-7-9-17(19-12-22)18(16(14)11-15)20-13(3)23/h7,9,12,15H,4-6,8,10-11H2,1-3H3,(H,19,22)(H,20,23). The van der Waals surface area contributed by atoms with Gasteiger partial charge in [-0.1, -0.05) is 19.9 Å². The SMILES string of the molecule is CCCN(CC)C1CCc2ccc(NC=O)c(NC(C)=O)c2C1. The van der Waals surface area contributed by atoms with E-state index in [1.165, 1.54) is 12.5 Å². The van der Waals surface area contributed by atoms with Crippen LogP contribution in [0.3, 0.4) is 0 Å². The van der Waals surface area contributed by atoms with Crippen LogP contribution in [-0.2, 0) is 22.4 Å². The average molecular weight is 317 g/mol. The van der Waals surface area contributed by atoms with Crippen LogP contribution in [0.15, 0.2) is 12.1 Å². The lowest BCUT2D eigenvalue weighted by molar-refractivity contribution is -0.114. The summed E-state index contributed by atoms with van der Waals surface area (Å²) in [7, 11) is 0. The lowest BCUT2D eigenvalue weighted by atomic mass is 9.85. The Morgan fingerprint density at radius 3 is 2.78 bits per heavy atom. The van der Waals surface area contributed by atoms with E-state index in [0.717, 1.165) is 50.0 Å². The number of carbonyl (C=O) groups is 2. The summed E-state index contributed by atoms with van der Waals surface area (Å²) in [5, 5.41) is 5.62. The molecule has 0 radical (unpaired) electrons. The first-order chi connectivity index (χ1) is 11.1. The third kappa shape index (κ3) is 4.10. The number of amides is 2. The fourth-order valence-electron chi connectivity index (χ4n) is 3.52. The summed E-state index contributed by atoms with van der Waals surface area (Å²) in [6.45, 7) is 8.03. The topological polar surface area (TPSA) is 61.4 Å². The molecule has 5 heteroatoms. The molecule has 5 nitrogen and oxygen atoms in total. The minimum absolute atomic E-state index is 0.115. The van der Waals surface area contributed by atoms with Gasteiger partial charge in [-0.2, -0.15) is 0 Å². The van der Waals surface area contributed by atoms with Gasteiger partial charge in [0.1, 0.15) is 0 Å². The van der Waals surface area contributed by atoms with Crippen LogP contribution >= 0.6 is 0 Å². The van der Waals surface area contributed by atoms with Crippen LogP contribution in [0.25, 0.3) is 0 Å². The molecule has 1 aromatic carbocycles. The number of nitrogens with zero attached hydrogens (tertiary/aromatic N) is 1. The summed E-state index contributed by atoms with van der Waals surface area (Å²) < 4.78 is 0. The Hall–Kier alpha value is -1.88. The van der Waals surface area contributed by atoms with E-state index < -0.39 is 0 Å². The number of likely N-dealkylation sites (N-methyl/N-ethyl adjacent to an activating group) is 1. The van der Waals surface area contributed by atoms with Gasteiger partial charge >= 0.3 is 0 Å². The molecule has 0 bridgehead atoms. The van der Waals surface area contributed by atoms with Gasteiger partial charge in [0.2, 0.25) is 12.3 Å². The molecule has 2 N–H and O–H groups in total. The van der Waals surface area contributed by atoms with Gasteiger partial charge in [0.15, 0.2) is 0 Å². The molecule has 0 aliphatic heterocycles.